The molecule has 0 aromatic carbocycles. The molecule has 0 saturated carbocycles. The topological polar surface area (TPSA) is 96.3 Å². The first-order valence-electron chi connectivity index (χ1n) is 10.0. The van der Waals surface area contributed by atoms with Crippen molar-refractivity contribution in [1.82, 2.24) is 9.47 Å². The molecule has 1 fully saturated rings. The monoisotopic (exact) mass is 424 g/mol. The Bertz CT molecular complexity index is 813. The molecule has 0 unspecified atom stereocenters. The molecule has 9 heteroatoms. The van der Waals surface area contributed by atoms with Crippen LogP contribution in [0.25, 0.3) is 0 Å². The first-order valence-corrected chi connectivity index (χ1v) is 10.0. The second-order valence-corrected chi connectivity index (χ2v) is 8.27. The number of methoxy groups -OCH3 is 1. The molecule has 30 heavy (non-hydrogen) atoms. The summed E-state index contributed by atoms with van der Waals surface area (Å²) in [5, 5.41) is 0. The number of piperidine rings is 1. The number of carbonyl (C=O) groups excluding carboxylic acids is 2. The van der Waals surface area contributed by atoms with Crippen molar-refractivity contribution in [2.24, 2.45) is 13.0 Å². The Hall–Kier alpha value is -2.55. The van der Waals surface area contributed by atoms with Gasteiger partial charge in [-0.15, -0.1) is 0 Å². The molecule has 1 saturated heterocycles. The fourth-order valence-electron chi connectivity index (χ4n) is 3.46. The SMILES string of the molecule is CCOC(=O)[C@H]1CN(C(=O)OC(C)(C)C)CC[C@@H]1c1cc(=O)n(C)cc1OCOC. The number of ether oxygens (including phenoxy) is 4. The van der Waals surface area contributed by atoms with Gasteiger partial charge in [0, 0.05) is 51.0 Å². The zero-order valence-corrected chi connectivity index (χ0v) is 18.6. The lowest BCUT2D eigenvalue weighted by molar-refractivity contribution is -0.150. The average molecular weight is 424 g/mol. The third kappa shape index (κ3) is 5.98. The van der Waals surface area contributed by atoms with Crippen molar-refractivity contribution in [2.45, 2.75) is 45.6 Å². The number of hydrogen-bond acceptors (Lipinski definition) is 7. The van der Waals surface area contributed by atoms with Crippen LogP contribution in [0.2, 0.25) is 0 Å². The Morgan fingerprint density at radius 1 is 1.27 bits per heavy atom. The van der Waals surface area contributed by atoms with Gasteiger partial charge in [0.15, 0.2) is 6.79 Å². The van der Waals surface area contributed by atoms with E-state index in [2.05, 4.69) is 0 Å². The molecular weight excluding hydrogens is 392 g/mol. The van der Waals surface area contributed by atoms with Crippen LogP contribution in [0.1, 0.15) is 45.6 Å². The second-order valence-electron chi connectivity index (χ2n) is 8.27. The van der Waals surface area contributed by atoms with Gasteiger partial charge in [0.25, 0.3) is 5.56 Å². The summed E-state index contributed by atoms with van der Waals surface area (Å²) in [6, 6.07) is 1.48. The summed E-state index contributed by atoms with van der Waals surface area (Å²) in [7, 11) is 3.13. The summed E-state index contributed by atoms with van der Waals surface area (Å²) in [6.45, 7) is 7.85. The molecule has 2 atom stereocenters. The van der Waals surface area contributed by atoms with Gasteiger partial charge in [-0.25, -0.2) is 4.79 Å². The van der Waals surface area contributed by atoms with E-state index in [0.29, 0.717) is 24.3 Å². The first kappa shape index (κ1) is 23.7. The Kier molecular flexibility index (Phi) is 7.89. The van der Waals surface area contributed by atoms with Gasteiger partial charge >= 0.3 is 12.1 Å². The summed E-state index contributed by atoms with van der Waals surface area (Å²) in [5.41, 5.74) is -0.246. The number of likely N-dealkylation sites (tertiary alicyclic amines) is 1. The molecule has 0 bridgehead atoms. The smallest absolute Gasteiger partial charge is 0.410 e. The van der Waals surface area contributed by atoms with Crippen molar-refractivity contribution >= 4 is 12.1 Å². The van der Waals surface area contributed by atoms with E-state index in [1.54, 1.807) is 40.9 Å². The largest absolute Gasteiger partial charge is 0.466 e. The number of carbonyl (C=O) groups is 2. The quantitative estimate of drug-likeness (QED) is 0.510. The minimum atomic E-state index is -0.650. The van der Waals surface area contributed by atoms with Gasteiger partial charge in [0.2, 0.25) is 0 Å². The van der Waals surface area contributed by atoms with Crippen LogP contribution in [-0.4, -0.2) is 60.7 Å². The van der Waals surface area contributed by atoms with Gasteiger partial charge < -0.3 is 28.4 Å². The van der Waals surface area contributed by atoms with Crippen molar-refractivity contribution in [3.8, 4) is 5.75 Å². The van der Waals surface area contributed by atoms with Crippen LogP contribution in [-0.2, 0) is 26.1 Å². The van der Waals surface area contributed by atoms with Crippen molar-refractivity contribution in [2.75, 3.05) is 33.6 Å². The Labute approximate surface area is 176 Å². The Morgan fingerprint density at radius 2 is 1.97 bits per heavy atom. The Morgan fingerprint density at radius 3 is 2.57 bits per heavy atom. The first-order chi connectivity index (χ1) is 14.1. The normalized spacial score (nSPS) is 19.3. The number of aromatic nitrogens is 1. The van der Waals surface area contributed by atoms with E-state index in [1.165, 1.54) is 22.6 Å². The number of amides is 1. The van der Waals surface area contributed by atoms with Crippen molar-refractivity contribution in [3.05, 3.63) is 28.2 Å². The predicted molar refractivity (Wildman–Crippen MR) is 109 cm³/mol. The number of nitrogens with zero attached hydrogens (tertiary/aromatic N) is 2. The number of pyridine rings is 1. The molecule has 0 aliphatic carbocycles. The van der Waals surface area contributed by atoms with Gasteiger partial charge in [-0.2, -0.15) is 0 Å². The minimum Gasteiger partial charge on any atom is -0.466 e. The maximum absolute atomic E-state index is 12.8. The summed E-state index contributed by atoms with van der Waals surface area (Å²) in [4.78, 5) is 39.1. The maximum atomic E-state index is 12.8. The molecule has 1 aromatic heterocycles. The minimum absolute atomic E-state index is 0.00598. The van der Waals surface area contributed by atoms with E-state index in [-0.39, 0.29) is 31.4 Å². The van der Waals surface area contributed by atoms with E-state index < -0.39 is 23.6 Å². The summed E-state index contributed by atoms with van der Waals surface area (Å²) in [5.74, 6) is -0.954. The molecule has 2 rings (SSSR count). The molecule has 1 amide bonds. The predicted octanol–water partition coefficient (Wildman–Crippen LogP) is 2.27. The standard InChI is InChI=1S/C21H32N2O7/c1-7-28-19(25)16-11-23(20(26)30-21(2,3)4)9-8-14(16)15-10-18(24)22(5)12-17(15)29-13-27-6/h10,12,14,16H,7-9,11,13H2,1-6H3/t14-,16+/m1/s1. The van der Waals surface area contributed by atoms with Crippen LogP contribution in [0.5, 0.6) is 5.75 Å². The lowest BCUT2D eigenvalue weighted by Crippen LogP contribution is -2.48. The molecule has 0 radical (unpaired) electrons. The number of hydrogen-bond donors (Lipinski definition) is 0. The van der Waals surface area contributed by atoms with Gasteiger partial charge in [0.1, 0.15) is 11.4 Å². The zero-order chi connectivity index (χ0) is 22.5. The fraction of sp³-hybridized carbons (Fsp3) is 0.667. The summed E-state index contributed by atoms with van der Waals surface area (Å²) >= 11 is 0. The van der Waals surface area contributed by atoms with Crippen LogP contribution < -0.4 is 10.3 Å². The van der Waals surface area contributed by atoms with E-state index in [4.69, 9.17) is 18.9 Å². The van der Waals surface area contributed by atoms with Crippen LogP contribution in [0.15, 0.2) is 17.1 Å². The Balaban J connectivity index is 2.37. The molecule has 2 heterocycles. The third-order valence-electron chi connectivity index (χ3n) is 4.81. The van der Waals surface area contributed by atoms with E-state index >= 15 is 0 Å². The summed E-state index contributed by atoms with van der Waals surface area (Å²) < 4.78 is 22.8. The fourth-order valence-corrected chi connectivity index (χ4v) is 3.46. The lowest BCUT2D eigenvalue weighted by Gasteiger charge is -2.38. The highest BCUT2D eigenvalue weighted by molar-refractivity contribution is 5.76. The number of rotatable bonds is 6. The van der Waals surface area contributed by atoms with Crippen molar-refractivity contribution in [3.63, 3.8) is 0 Å². The molecular formula is C21H32N2O7. The third-order valence-corrected chi connectivity index (χ3v) is 4.81. The van der Waals surface area contributed by atoms with E-state index in [9.17, 15) is 14.4 Å². The average Bonchev–Trinajstić information content (AvgIpc) is 2.67. The van der Waals surface area contributed by atoms with Crippen LogP contribution >= 0.6 is 0 Å². The van der Waals surface area contributed by atoms with Crippen LogP contribution in [0, 0.1) is 5.92 Å². The number of esters is 1. The van der Waals surface area contributed by atoms with Gasteiger partial charge in [0.05, 0.1) is 12.5 Å². The highest BCUT2D eigenvalue weighted by Gasteiger charge is 2.40. The second kappa shape index (κ2) is 9.97. The van der Waals surface area contributed by atoms with Crippen molar-refractivity contribution in [1.29, 1.82) is 0 Å². The van der Waals surface area contributed by atoms with E-state index in [0.717, 1.165) is 0 Å². The maximum Gasteiger partial charge on any atom is 0.410 e. The lowest BCUT2D eigenvalue weighted by atomic mass is 9.80. The highest BCUT2D eigenvalue weighted by atomic mass is 16.7. The molecule has 168 valence electrons. The molecule has 1 aliphatic heterocycles. The van der Waals surface area contributed by atoms with Crippen molar-refractivity contribution < 1.29 is 28.5 Å². The van der Waals surface area contributed by atoms with Crippen LogP contribution in [0.3, 0.4) is 0 Å². The summed E-state index contributed by atoms with van der Waals surface area (Å²) in [6.07, 6.45) is 1.56. The number of aryl methyl sites for hydroxylation is 1. The van der Waals surface area contributed by atoms with Gasteiger partial charge in [-0.1, -0.05) is 0 Å². The highest BCUT2D eigenvalue weighted by Crippen LogP contribution is 2.38. The molecule has 1 aromatic rings. The molecule has 0 spiro atoms. The van der Waals surface area contributed by atoms with Gasteiger partial charge in [-0.3, -0.25) is 9.59 Å². The molecule has 0 N–H and O–H groups in total. The molecule has 9 nitrogen and oxygen atoms in total. The van der Waals surface area contributed by atoms with E-state index in [1.807, 2.05) is 0 Å². The zero-order valence-electron chi connectivity index (χ0n) is 18.6. The molecule has 1 aliphatic rings. The van der Waals surface area contributed by atoms with Gasteiger partial charge in [-0.05, 0) is 34.1 Å². The van der Waals surface area contributed by atoms with Crippen LogP contribution in [0.4, 0.5) is 4.79 Å².